The average Bonchev–Trinajstić information content (AvgIpc) is 2.88. The van der Waals surface area contributed by atoms with Crippen molar-refractivity contribution in [2.75, 3.05) is 6.61 Å². The van der Waals surface area contributed by atoms with Crippen LogP contribution in [0.1, 0.15) is 32.3 Å². The summed E-state index contributed by atoms with van der Waals surface area (Å²) < 4.78 is 5.64. The first-order chi connectivity index (χ1) is 11.9. The molecule has 134 valence electrons. The fourth-order valence-corrected chi connectivity index (χ4v) is 2.87. The van der Waals surface area contributed by atoms with Crippen LogP contribution in [0.15, 0.2) is 34.5 Å². The van der Waals surface area contributed by atoms with E-state index in [0.29, 0.717) is 17.7 Å². The van der Waals surface area contributed by atoms with Crippen molar-refractivity contribution >= 4 is 35.0 Å². The minimum atomic E-state index is -1.02. The van der Waals surface area contributed by atoms with Gasteiger partial charge in [0.25, 0.3) is 0 Å². The highest BCUT2D eigenvalue weighted by Gasteiger charge is 2.32. The van der Waals surface area contributed by atoms with Crippen LogP contribution in [0.25, 0.3) is 0 Å². The Morgan fingerprint density at radius 1 is 1.40 bits per heavy atom. The van der Waals surface area contributed by atoms with Crippen LogP contribution in [0, 0.1) is 5.92 Å². The van der Waals surface area contributed by atoms with E-state index in [0.717, 1.165) is 29.5 Å². The third-order valence-corrected chi connectivity index (χ3v) is 4.41. The molecule has 1 aliphatic rings. The van der Waals surface area contributed by atoms with Crippen LogP contribution in [0.2, 0.25) is 0 Å². The van der Waals surface area contributed by atoms with Crippen LogP contribution in [-0.4, -0.2) is 40.2 Å². The summed E-state index contributed by atoms with van der Waals surface area (Å²) in [5.41, 5.74) is 0.844. The van der Waals surface area contributed by atoms with Crippen molar-refractivity contribution < 1.29 is 19.4 Å². The summed E-state index contributed by atoms with van der Waals surface area (Å²) in [6.45, 7) is 4.99. The Morgan fingerprint density at radius 3 is 2.76 bits per heavy atom. The lowest BCUT2D eigenvalue weighted by Crippen LogP contribution is -2.26. The van der Waals surface area contributed by atoms with Crippen LogP contribution in [0.5, 0.6) is 5.75 Å². The van der Waals surface area contributed by atoms with E-state index in [-0.39, 0.29) is 12.3 Å². The van der Waals surface area contributed by atoms with Gasteiger partial charge in [-0.2, -0.15) is 5.10 Å². The van der Waals surface area contributed by atoms with Gasteiger partial charge in [-0.25, -0.2) is 0 Å². The highest BCUT2D eigenvalue weighted by atomic mass is 32.2. The number of benzene rings is 1. The monoisotopic (exact) mass is 363 g/mol. The summed E-state index contributed by atoms with van der Waals surface area (Å²) >= 11 is 1.07. The predicted molar refractivity (Wildman–Crippen MR) is 98.2 cm³/mol. The van der Waals surface area contributed by atoms with Crippen LogP contribution in [0.3, 0.4) is 0 Å². The largest absolute Gasteiger partial charge is 0.494 e. The second-order valence-electron chi connectivity index (χ2n) is 5.94. The molecule has 0 spiro atoms. The Bertz CT molecular complexity index is 671. The van der Waals surface area contributed by atoms with Crippen LogP contribution in [-0.2, 0) is 9.59 Å². The number of hydrogen-bond donors (Lipinski definition) is 2. The predicted octanol–water partition coefficient (Wildman–Crippen LogP) is 2.51. The van der Waals surface area contributed by atoms with Crippen molar-refractivity contribution in [3.8, 4) is 5.75 Å². The number of amidine groups is 1. The molecule has 0 saturated carbocycles. The maximum atomic E-state index is 11.6. The van der Waals surface area contributed by atoms with Crippen LogP contribution in [0.4, 0.5) is 0 Å². The Balaban J connectivity index is 1.85. The van der Waals surface area contributed by atoms with E-state index < -0.39 is 11.2 Å². The zero-order chi connectivity index (χ0) is 18.2. The van der Waals surface area contributed by atoms with Crippen molar-refractivity contribution in [3.05, 3.63) is 29.8 Å². The molecule has 0 radical (unpaired) electrons. The second kappa shape index (κ2) is 9.22. The maximum absolute atomic E-state index is 11.6. The second-order valence-corrected chi connectivity index (χ2v) is 7.13. The number of carbonyl (C=O) groups is 2. The standard InChI is InChI=1S/C17H21N3O4S/c1-11(2)7-8-24-13-5-3-12(4-6-13)10-18-20-17-19-16(23)14(25-17)9-15(21)22/h3-6,10-11,14H,7-9H2,1-2H3,(H,21,22)(H,19,20,23). The first-order valence-corrected chi connectivity index (χ1v) is 8.85. The number of rotatable bonds is 8. The Morgan fingerprint density at radius 2 is 2.12 bits per heavy atom. The number of ether oxygens (including phenoxy) is 1. The van der Waals surface area contributed by atoms with E-state index in [1.165, 1.54) is 0 Å². The minimum Gasteiger partial charge on any atom is -0.494 e. The van der Waals surface area contributed by atoms with Gasteiger partial charge in [-0.05, 0) is 42.2 Å². The van der Waals surface area contributed by atoms with Gasteiger partial charge >= 0.3 is 5.97 Å². The maximum Gasteiger partial charge on any atom is 0.305 e. The Kier molecular flexibility index (Phi) is 7.00. The third kappa shape index (κ3) is 6.58. The number of nitrogens with one attached hydrogen (secondary N) is 1. The fourth-order valence-electron chi connectivity index (χ4n) is 1.96. The lowest BCUT2D eigenvalue weighted by molar-refractivity contribution is -0.138. The van der Waals surface area contributed by atoms with E-state index in [9.17, 15) is 9.59 Å². The zero-order valence-corrected chi connectivity index (χ0v) is 15.0. The molecule has 25 heavy (non-hydrogen) atoms. The van der Waals surface area contributed by atoms with Crippen molar-refractivity contribution in [2.45, 2.75) is 31.9 Å². The molecular weight excluding hydrogens is 342 g/mol. The minimum absolute atomic E-state index is 0.239. The lowest BCUT2D eigenvalue weighted by atomic mass is 10.1. The molecule has 1 amide bonds. The summed E-state index contributed by atoms with van der Waals surface area (Å²) in [6.07, 6.45) is 2.33. The van der Waals surface area contributed by atoms with E-state index >= 15 is 0 Å². The highest BCUT2D eigenvalue weighted by molar-refractivity contribution is 8.15. The number of nitrogens with zero attached hydrogens (tertiary/aromatic N) is 2. The number of carboxylic acids is 1. The molecule has 1 aliphatic heterocycles. The topological polar surface area (TPSA) is 100 Å². The molecule has 0 bridgehead atoms. The molecule has 1 saturated heterocycles. The van der Waals surface area contributed by atoms with Gasteiger partial charge in [0.1, 0.15) is 11.0 Å². The van der Waals surface area contributed by atoms with Gasteiger partial charge in [-0.1, -0.05) is 25.6 Å². The van der Waals surface area contributed by atoms with Gasteiger partial charge in [0, 0.05) is 0 Å². The summed E-state index contributed by atoms with van der Waals surface area (Å²) in [7, 11) is 0. The van der Waals surface area contributed by atoms with Crippen molar-refractivity contribution in [3.63, 3.8) is 0 Å². The third-order valence-electron chi connectivity index (χ3n) is 3.34. The van der Waals surface area contributed by atoms with Crippen molar-refractivity contribution in [2.24, 2.45) is 16.1 Å². The number of hydrogen-bond acceptors (Lipinski definition) is 6. The molecule has 2 rings (SSSR count). The van der Waals surface area contributed by atoms with Gasteiger partial charge in [0.05, 0.1) is 19.2 Å². The average molecular weight is 363 g/mol. The first-order valence-electron chi connectivity index (χ1n) is 7.97. The first kappa shape index (κ1) is 19.0. The summed E-state index contributed by atoms with van der Waals surface area (Å²) in [5, 5.41) is 18.7. The summed E-state index contributed by atoms with van der Waals surface area (Å²) in [5.74, 6) is 0.0335. The molecule has 1 aromatic carbocycles. The zero-order valence-electron chi connectivity index (χ0n) is 14.1. The molecule has 1 heterocycles. The number of carboxylic acid groups (broad SMARTS) is 1. The molecule has 0 aromatic heterocycles. The van der Waals surface area contributed by atoms with Gasteiger partial charge in [0.2, 0.25) is 5.91 Å². The molecule has 1 atom stereocenters. The fraction of sp³-hybridized carbons (Fsp3) is 0.412. The van der Waals surface area contributed by atoms with E-state index in [1.54, 1.807) is 6.21 Å². The molecule has 1 fully saturated rings. The van der Waals surface area contributed by atoms with Gasteiger partial charge in [-0.15, -0.1) is 5.10 Å². The smallest absolute Gasteiger partial charge is 0.305 e. The van der Waals surface area contributed by atoms with E-state index in [4.69, 9.17) is 9.84 Å². The highest BCUT2D eigenvalue weighted by Crippen LogP contribution is 2.22. The van der Waals surface area contributed by atoms with Crippen LogP contribution < -0.4 is 10.1 Å². The van der Waals surface area contributed by atoms with Gasteiger partial charge < -0.3 is 15.2 Å². The quantitative estimate of drug-likeness (QED) is 0.546. The van der Waals surface area contributed by atoms with Gasteiger partial charge in [0.15, 0.2) is 5.17 Å². The number of aliphatic carboxylic acids is 1. The molecule has 1 unspecified atom stereocenters. The number of amides is 1. The van der Waals surface area contributed by atoms with Crippen molar-refractivity contribution in [1.29, 1.82) is 0 Å². The lowest BCUT2D eigenvalue weighted by Gasteiger charge is -2.07. The Labute approximate surface area is 150 Å². The number of thioether (sulfide) groups is 1. The normalized spacial score (nSPS) is 18.9. The summed E-state index contributed by atoms with van der Waals surface area (Å²) in [4.78, 5) is 22.2. The molecule has 2 N–H and O–H groups in total. The van der Waals surface area contributed by atoms with Crippen molar-refractivity contribution in [1.82, 2.24) is 5.32 Å². The van der Waals surface area contributed by atoms with Crippen LogP contribution >= 0.6 is 11.8 Å². The summed E-state index contributed by atoms with van der Waals surface area (Å²) in [6, 6.07) is 7.46. The molecule has 7 nitrogen and oxygen atoms in total. The van der Waals surface area contributed by atoms with E-state index in [2.05, 4.69) is 29.4 Å². The molecule has 8 heteroatoms. The Hall–Kier alpha value is -2.35. The van der Waals surface area contributed by atoms with E-state index in [1.807, 2.05) is 24.3 Å². The number of carbonyl (C=O) groups excluding carboxylic acids is 1. The molecular formula is C17H21N3O4S. The molecule has 0 aliphatic carbocycles. The van der Waals surface area contributed by atoms with Gasteiger partial charge in [-0.3, -0.25) is 9.59 Å². The SMILES string of the molecule is CC(C)CCOc1ccc(C=NN=C2NC(=O)C(CC(=O)O)S2)cc1. The molecule has 1 aromatic rings.